The predicted molar refractivity (Wildman–Crippen MR) is 147 cm³/mol. The van der Waals surface area contributed by atoms with Crippen LogP contribution in [0.25, 0.3) is 51.1 Å². The first-order chi connectivity index (χ1) is 15.7. The summed E-state index contributed by atoms with van der Waals surface area (Å²) in [4.78, 5) is 0. The van der Waals surface area contributed by atoms with E-state index in [9.17, 15) is 0 Å². The Balaban J connectivity index is 1.46. The quantitative estimate of drug-likeness (QED) is 0.236. The zero-order valence-corrected chi connectivity index (χ0v) is 20.4. The first kappa shape index (κ1) is 20.2. The second-order valence-electron chi connectivity index (χ2n) is 9.21. The van der Waals surface area contributed by atoms with Crippen LogP contribution in [0, 0.1) is 5.92 Å². The van der Waals surface area contributed by atoms with Gasteiger partial charge in [-0.2, -0.15) is 0 Å². The van der Waals surface area contributed by atoms with E-state index in [0.717, 1.165) is 5.92 Å². The van der Waals surface area contributed by atoms with Crippen molar-refractivity contribution in [3.63, 3.8) is 0 Å². The average molecular weight is 453 g/mol. The summed E-state index contributed by atoms with van der Waals surface area (Å²) in [5.74, 6) is 0.810. The van der Waals surface area contributed by atoms with Gasteiger partial charge in [0.25, 0.3) is 0 Å². The molecule has 0 bridgehead atoms. The lowest BCUT2D eigenvalue weighted by molar-refractivity contribution is 0.449. The number of fused-ring (bicyclic) bond motifs is 7. The van der Waals surface area contributed by atoms with Crippen LogP contribution in [0.2, 0.25) is 0 Å². The molecule has 2 heteroatoms. The van der Waals surface area contributed by atoms with Crippen LogP contribution in [-0.4, -0.2) is 0 Å². The van der Waals surface area contributed by atoms with Gasteiger partial charge in [0, 0.05) is 20.2 Å². The molecule has 0 saturated carbocycles. The van der Waals surface area contributed by atoms with Crippen molar-refractivity contribution in [3.05, 3.63) is 72.3 Å². The van der Waals surface area contributed by atoms with Gasteiger partial charge in [-0.25, -0.2) is 0 Å². The molecule has 0 saturated heterocycles. The summed E-state index contributed by atoms with van der Waals surface area (Å²) in [7, 11) is 0. The second-order valence-corrected chi connectivity index (χ2v) is 11.3. The van der Waals surface area contributed by atoms with E-state index in [-0.39, 0.29) is 0 Å². The van der Waals surface area contributed by atoms with E-state index in [0.29, 0.717) is 0 Å². The average Bonchev–Trinajstić information content (AvgIpc) is 3.34. The molecule has 0 aliphatic rings. The summed E-state index contributed by atoms with van der Waals surface area (Å²) in [6, 6.07) is 25.5. The molecule has 2 heterocycles. The molecule has 1 atom stereocenters. The highest BCUT2D eigenvalue weighted by molar-refractivity contribution is 7.36. The van der Waals surface area contributed by atoms with E-state index in [1.807, 2.05) is 22.7 Å². The topological polar surface area (TPSA) is 0 Å². The maximum absolute atomic E-state index is 2.45. The number of unbranched alkanes of at least 4 members (excludes halogenated alkanes) is 1. The lowest BCUT2D eigenvalue weighted by Crippen LogP contribution is -2.03. The number of benzene rings is 4. The molecule has 6 aromatic rings. The van der Waals surface area contributed by atoms with Gasteiger partial charge in [0.05, 0.1) is 9.40 Å². The lowest BCUT2D eigenvalue weighted by atomic mass is 9.91. The largest absolute Gasteiger partial charge is 0.134 e. The van der Waals surface area contributed by atoms with Crippen molar-refractivity contribution in [2.24, 2.45) is 5.92 Å². The van der Waals surface area contributed by atoms with E-state index < -0.39 is 0 Å². The van der Waals surface area contributed by atoms with E-state index in [4.69, 9.17) is 0 Å². The fourth-order valence-corrected chi connectivity index (χ4v) is 7.84. The van der Waals surface area contributed by atoms with Crippen LogP contribution < -0.4 is 0 Å². The predicted octanol–water partition coefficient (Wildman–Crippen LogP) is 10.3. The second kappa shape index (κ2) is 8.17. The van der Waals surface area contributed by atoms with E-state index in [2.05, 4.69) is 80.6 Å². The number of hydrogen-bond acceptors (Lipinski definition) is 2. The number of hydrogen-bond donors (Lipinski definition) is 0. The van der Waals surface area contributed by atoms with Crippen molar-refractivity contribution in [2.45, 2.75) is 46.0 Å². The Labute approximate surface area is 197 Å². The molecule has 6 rings (SSSR count). The van der Waals surface area contributed by atoms with Crippen LogP contribution in [0.15, 0.2) is 66.7 Å². The maximum atomic E-state index is 2.45. The summed E-state index contributed by atoms with van der Waals surface area (Å²) in [6.45, 7) is 4.64. The lowest BCUT2D eigenvalue weighted by Gasteiger charge is -2.15. The Bertz CT molecular complexity index is 1580. The molecule has 32 heavy (non-hydrogen) atoms. The van der Waals surface area contributed by atoms with E-state index in [1.54, 1.807) is 0 Å². The van der Waals surface area contributed by atoms with Crippen molar-refractivity contribution in [2.75, 3.05) is 0 Å². The van der Waals surface area contributed by atoms with Crippen molar-refractivity contribution < 1.29 is 0 Å². The first-order valence-electron chi connectivity index (χ1n) is 11.9. The van der Waals surface area contributed by atoms with Gasteiger partial charge in [0.15, 0.2) is 0 Å². The molecule has 4 aromatic carbocycles. The molecule has 0 spiro atoms. The summed E-state index contributed by atoms with van der Waals surface area (Å²) in [5, 5.41) is 8.26. The Morgan fingerprint density at radius 3 is 1.97 bits per heavy atom. The molecular weight excluding hydrogens is 424 g/mol. The van der Waals surface area contributed by atoms with Crippen molar-refractivity contribution in [3.8, 4) is 0 Å². The van der Waals surface area contributed by atoms with E-state index >= 15 is 0 Å². The summed E-state index contributed by atoms with van der Waals surface area (Å²) < 4.78 is 5.72. The first-order valence-corrected chi connectivity index (χ1v) is 13.6. The zero-order valence-electron chi connectivity index (χ0n) is 18.8. The van der Waals surface area contributed by atoms with Gasteiger partial charge in [-0.3, -0.25) is 0 Å². The van der Waals surface area contributed by atoms with Crippen molar-refractivity contribution in [1.82, 2.24) is 0 Å². The highest BCUT2D eigenvalue weighted by Gasteiger charge is 2.14. The van der Waals surface area contributed by atoms with Gasteiger partial charge in [-0.05, 0) is 63.7 Å². The van der Waals surface area contributed by atoms with Gasteiger partial charge in [0.2, 0.25) is 0 Å². The van der Waals surface area contributed by atoms with Gasteiger partial charge in [0.1, 0.15) is 0 Å². The molecule has 0 unspecified atom stereocenters. The third kappa shape index (κ3) is 3.41. The molecule has 0 fully saturated rings. The Morgan fingerprint density at radius 2 is 1.31 bits per heavy atom. The molecule has 160 valence electrons. The van der Waals surface area contributed by atoms with Gasteiger partial charge in [-0.1, -0.05) is 82.0 Å². The summed E-state index contributed by atoms with van der Waals surface area (Å²) in [5.41, 5.74) is 1.50. The standard InChI is InChI=1S/C30H28S2/c1-3-5-8-19(4-2)13-20-11-12-23-16-26-28(18-24(23)14-20)32-29-25-15-21-9-6-7-10-22(21)17-27(25)31-30(26)29/h6-7,9-12,14-19H,3-5,8,13H2,1-2H3/t19-/m1/s1. The molecule has 0 N–H and O–H groups in total. The monoisotopic (exact) mass is 452 g/mol. The Hall–Kier alpha value is -2.42. The fraction of sp³-hybridized carbons (Fsp3) is 0.267. The molecule has 0 aliphatic heterocycles. The normalized spacial score (nSPS) is 13.2. The highest BCUT2D eigenvalue weighted by Crippen LogP contribution is 2.46. The molecule has 2 aromatic heterocycles. The highest BCUT2D eigenvalue weighted by atomic mass is 32.1. The Morgan fingerprint density at radius 1 is 0.688 bits per heavy atom. The van der Waals surface area contributed by atoms with Crippen LogP contribution in [0.1, 0.15) is 45.1 Å². The smallest absolute Gasteiger partial charge is 0.0542 e. The van der Waals surface area contributed by atoms with Gasteiger partial charge < -0.3 is 0 Å². The minimum absolute atomic E-state index is 0.810. The zero-order chi connectivity index (χ0) is 21.7. The number of rotatable bonds is 6. The van der Waals surface area contributed by atoms with Crippen LogP contribution in [-0.2, 0) is 6.42 Å². The molecule has 0 amide bonds. The fourth-order valence-electron chi connectivity index (χ4n) is 5.14. The summed E-state index contributed by atoms with van der Waals surface area (Å²) >= 11 is 3.92. The number of thiophene rings is 2. The van der Waals surface area contributed by atoms with Crippen LogP contribution in [0.3, 0.4) is 0 Å². The van der Waals surface area contributed by atoms with E-state index in [1.165, 1.54) is 88.8 Å². The minimum atomic E-state index is 0.810. The van der Waals surface area contributed by atoms with Gasteiger partial charge in [-0.15, -0.1) is 22.7 Å². The molecule has 0 radical (unpaired) electrons. The van der Waals surface area contributed by atoms with Gasteiger partial charge >= 0.3 is 0 Å². The summed E-state index contributed by atoms with van der Waals surface area (Å²) in [6.07, 6.45) is 6.49. The third-order valence-corrected chi connectivity index (χ3v) is 9.54. The molecule has 0 nitrogen and oxygen atoms in total. The SMILES string of the molecule is CCCC[C@@H](CC)Cc1ccc2cc3c(cc2c1)sc1c2cc4ccccc4cc2sc31. The van der Waals surface area contributed by atoms with Crippen molar-refractivity contribution in [1.29, 1.82) is 0 Å². The third-order valence-electron chi connectivity index (χ3n) is 7.04. The van der Waals surface area contributed by atoms with Crippen LogP contribution >= 0.6 is 22.7 Å². The minimum Gasteiger partial charge on any atom is -0.134 e. The Kier molecular flexibility index (Phi) is 5.16. The van der Waals surface area contributed by atoms with Crippen molar-refractivity contribution >= 4 is 73.8 Å². The van der Waals surface area contributed by atoms with Crippen LogP contribution in [0.5, 0.6) is 0 Å². The van der Waals surface area contributed by atoms with Crippen LogP contribution in [0.4, 0.5) is 0 Å². The maximum Gasteiger partial charge on any atom is 0.0542 e. The molecule has 0 aliphatic carbocycles. The molecular formula is C30H28S2.